The zero-order valence-electron chi connectivity index (χ0n) is 11.3. The van der Waals surface area contributed by atoms with Gasteiger partial charge in [0.2, 0.25) is 0 Å². The molecule has 104 valence electrons. The van der Waals surface area contributed by atoms with Gasteiger partial charge in [0.15, 0.2) is 0 Å². The van der Waals surface area contributed by atoms with Crippen molar-refractivity contribution in [2.45, 2.75) is 25.3 Å². The van der Waals surface area contributed by atoms with E-state index in [2.05, 4.69) is 17.3 Å². The first kappa shape index (κ1) is 14.0. The second-order valence-electron chi connectivity index (χ2n) is 5.23. The van der Waals surface area contributed by atoms with E-state index in [4.69, 9.17) is 0 Å². The van der Waals surface area contributed by atoms with Crippen LogP contribution in [-0.2, 0) is 6.42 Å². The van der Waals surface area contributed by atoms with E-state index in [1.54, 1.807) is 12.1 Å². The summed E-state index contributed by atoms with van der Waals surface area (Å²) in [7, 11) is 2.16. The minimum atomic E-state index is -0.361. The number of nitrogens with zero attached hydrogens (tertiary/aromatic N) is 2. The van der Waals surface area contributed by atoms with Crippen LogP contribution in [0.2, 0.25) is 0 Å². The Morgan fingerprint density at radius 2 is 2.16 bits per heavy atom. The van der Waals surface area contributed by atoms with E-state index in [1.165, 1.54) is 19.4 Å². The number of piperidine rings is 1. The standard InChI is InChI=1S/C14H21N3O2/c1-16-10-2-3-13(11-16)15-9-8-12-4-6-14(7-5-12)17(18)19/h4-7,13,15H,2-3,8-11H2,1H3. The predicted octanol–water partition coefficient (Wildman–Crippen LogP) is 1.82. The summed E-state index contributed by atoms with van der Waals surface area (Å²) in [4.78, 5) is 12.5. The Hall–Kier alpha value is -1.46. The first-order valence-corrected chi connectivity index (χ1v) is 6.80. The molecule has 19 heavy (non-hydrogen) atoms. The fourth-order valence-corrected chi connectivity index (χ4v) is 2.54. The number of hydrogen-bond acceptors (Lipinski definition) is 4. The molecule has 2 rings (SSSR count). The fraction of sp³-hybridized carbons (Fsp3) is 0.571. The Bertz CT molecular complexity index is 419. The van der Waals surface area contributed by atoms with Crippen molar-refractivity contribution in [2.24, 2.45) is 0 Å². The molecule has 0 saturated carbocycles. The molecule has 5 heteroatoms. The third-order valence-electron chi connectivity index (χ3n) is 3.62. The number of likely N-dealkylation sites (tertiary alicyclic amines) is 1. The summed E-state index contributed by atoms with van der Waals surface area (Å²) in [6.07, 6.45) is 3.41. The van der Waals surface area contributed by atoms with Crippen LogP contribution in [0.3, 0.4) is 0 Å². The number of nitro groups is 1. The summed E-state index contributed by atoms with van der Waals surface area (Å²) in [6, 6.07) is 7.41. The zero-order valence-corrected chi connectivity index (χ0v) is 11.3. The summed E-state index contributed by atoms with van der Waals surface area (Å²) in [5.41, 5.74) is 1.30. The molecule has 0 amide bonds. The van der Waals surface area contributed by atoms with Gasteiger partial charge >= 0.3 is 0 Å². The Morgan fingerprint density at radius 3 is 2.79 bits per heavy atom. The van der Waals surface area contributed by atoms with Gasteiger partial charge in [-0.3, -0.25) is 10.1 Å². The van der Waals surface area contributed by atoms with Crippen LogP contribution in [0.25, 0.3) is 0 Å². The lowest BCUT2D eigenvalue weighted by atomic mass is 10.1. The molecule has 1 aliphatic rings. The van der Waals surface area contributed by atoms with Crippen molar-refractivity contribution >= 4 is 5.69 Å². The zero-order chi connectivity index (χ0) is 13.7. The van der Waals surface area contributed by atoms with Crippen molar-refractivity contribution in [1.82, 2.24) is 10.2 Å². The SMILES string of the molecule is CN1CCCC(NCCc2ccc([N+](=O)[O-])cc2)C1. The van der Waals surface area contributed by atoms with Crippen LogP contribution in [0.15, 0.2) is 24.3 Å². The summed E-state index contributed by atoms with van der Waals surface area (Å²) >= 11 is 0. The van der Waals surface area contributed by atoms with E-state index >= 15 is 0 Å². The molecule has 0 bridgehead atoms. The molecule has 0 spiro atoms. The quantitative estimate of drug-likeness (QED) is 0.650. The molecule has 1 aromatic rings. The van der Waals surface area contributed by atoms with E-state index in [0.29, 0.717) is 6.04 Å². The Balaban J connectivity index is 1.74. The maximum atomic E-state index is 10.6. The highest BCUT2D eigenvalue weighted by molar-refractivity contribution is 5.32. The normalized spacial score (nSPS) is 20.4. The predicted molar refractivity (Wildman–Crippen MR) is 75.3 cm³/mol. The van der Waals surface area contributed by atoms with Crippen LogP contribution in [0, 0.1) is 10.1 Å². The van der Waals surface area contributed by atoms with Gasteiger partial charge in [-0.25, -0.2) is 0 Å². The molecule has 1 N–H and O–H groups in total. The van der Waals surface area contributed by atoms with Gasteiger partial charge in [0.1, 0.15) is 0 Å². The van der Waals surface area contributed by atoms with Crippen LogP contribution < -0.4 is 5.32 Å². The van der Waals surface area contributed by atoms with Crippen LogP contribution in [0.4, 0.5) is 5.69 Å². The molecule has 1 saturated heterocycles. The number of hydrogen-bond donors (Lipinski definition) is 1. The minimum absolute atomic E-state index is 0.158. The first-order valence-electron chi connectivity index (χ1n) is 6.80. The van der Waals surface area contributed by atoms with Gasteiger partial charge in [-0.2, -0.15) is 0 Å². The van der Waals surface area contributed by atoms with E-state index < -0.39 is 0 Å². The second kappa shape index (κ2) is 6.63. The van der Waals surface area contributed by atoms with Crippen molar-refractivity contribution in [3.8, 4) is 0 Å². The average Bonchev–Trinajstić information content (AvgIpc) is 2.39. The van der Waals surface area contributed by atoms with Gasteiger partial charge in [0.25, 0.3) is 5.69 Å². The highest BCUT2D eigenvalue weighted by atomic mass is 16.6. The minimum Gasteiger partial charge on any atom is -0.312 e. The van der Waals surface area contributed by atoms with Crippen molar-refractivity contribution in [1.29, 1.82) is 0 Å². The molecule has 0 radical (unpaired) electrons. The lowest BCUT2D eigenvalue weighted by Crippen LogP contribution is -2.44. The summed E-state index contributed by atoms with van der Waals surface area (Å²) in [5, 5.41) is 14.1. The Kier molecular flexibility index (Phi) is 4.87. The van der Waals surface area contributed by atoms with E-state index in [1.807, 2.05) is 12.1 Å². The van der Waals surface area contributed by atoms with Crippen molar-refractivity contribution < 1.29 is 4.92 Å². The molecule has 0 aromatic heterocycles. The van der Waals surface area contributed by atoms with Gasteiger partial charge in [-0.15, -0.1) is 0 Å². The molecule has 1 atom stereocenters. The molecule has 5 nitrogen and oxygen atoms in total. The maximum Gasteiger partial charge on any atom is 0.269 e. The largest absolute Gasteiger partial charge is 0.312 e. The molecule has 1 fully saturated rings. The van der Waals surface area contributed by atoms with E-state index in [0.717, 1.165) is 25.1 Å². The van der Waals surface area contributed by atoms with Crippen molar-refractivity contribution in [2.75, 3.05) is 26.7 Å². The summed E-state index contributed by atoms with van der Waals surface area (Å²) in [5.74, 6) is 0. The molecule has 1 aromatic carbocycles. The monoisotopic (exact) mass is 263 g/mol. The van der Waals surface area contributed by atoms with Crippen LogP contribution in [0.5, 0.6) is 0 Å². The van der Waals surface area contributed by atoms with E-state index in [-0.39, 0.29) is 10.6 Å². The average molecular weight is 263 g/mol. The van der Waals surface area contributed by atoms with Crippen molar-refractivity contribution in [3.63, 3.8) is 0 Å². The molecular formula is C14H21N3O2. The van der Waals surface area contributed by atoms with Gasteiger partial charge in [0.05, 0.1) is 4.92 Å². The van der Waals surface area contributed by atoms with Gasteiger partial charge in [-0.1, -0.05) is 12.1 Å². The molecule has 0 aliphatic carbocycles. The summed E-state index contributed by atoms with van der Waals surface area (Å²) < 4.78 is 0. The number of nitro benzene ring substituents is 1. The highest BCUT2D eigenvalue weighted by Crippen LogP contribution is 2.12. The lowest BCUT2D eigenvalue weighted by Gasteiger charge is -2.30. The third kappa shape index (κ3) is 4.29. The Morgan fingerprint density at radius 1 is 1.42 bits per heavy atom. The van der Waals surface area contributed by atoms with Gasteiger partial charge < -0.3 is 10.2 Å². The van der Waals surface area contributed by atoms with Gasteiger partial charge in [0, 0.05) is 24.7 Å². The topological polar surface area (TPSA) is 58.4 Å². The number of benzene rings is 1. The summed E-state index contributed by atoms with van der Waals surface area (Å²) in [6.45, 7) is 3.23. The van der Waals surface area contributed by atoms with Gasteiger partial charge in [-0.05, 0) is 45.0 Å². The maximum absolute atomic E-state index is 10.6. The Labute approximate surface area is 113 Å². The highest BCUT2D eigenvalue weighted by Gasteiger charge is 2.15. The van der Waals surface area contributed by atoms with Crippen LogP contribution in [0.1, 0.15) is 18.4 Å². The number of nitrogens with one attached hydrogen (secondary N) is 1. The van der Waals surface area contributed by atoms with Crippen LogP contribution in [-0.4, -0.2) is 42.5 Å². The fourth-order valence-electron chi connectivity index (χ4n) is 2.54. The first-order chi connectivity index (χ1) is 9.15. The molecule has 1 unspecified atom stereocenters. The van der Waals surface area contributed by atoms with Crippen molar-refractivity contribution in [3.05, 3.63) is 39.9 Å². The lowest BCUT2D eigenvalue weighted by molar-refractivity contribution is -0.384. The number of rotatable bonds is 5. The molecular weight excluding hydrogens is 242 g/mol. The molecule has 1 aliphatic heterocycles. The number of non-ortho nitro benzene ring substituents is 1. The third-order valence-corrected chi connectivity index (χ3v) is 3.62. The number of likely N-dealkylation sites (N-methyl/N-ethyl adjacent to an activating group) is 1. The molecule has 1 heterocycles. The second-order valence-corrected chi connectivity index (χ2v) is 5.23. The van der Waals surface area contributed by atoms with Crippen LogP contribution >= 0.6 is 0 Å². The smallest absolute Gasteiger partial charge is 0.269 e. The van der Waals surface area contributed by atoms with E-state index in [9.17, 15) is 10.1 Å².